The zero-order chi connectivity index (χ0) is 15.3. The number of rotatable bonds is 7. The Morgan fingerprint density at radius 2 is 2.25 bits per heavy atom. The monoisotopic (exact) mass is 348 g/mol. The fourth-order valence-electron chi connectivity index (χ4n) is 1.58. The van der Waals surface area contributed by atoms with Crippen LogP contribution in [-0.4, -0.2) is 22.5 Å². The van der Waals surface area contributed by atoms with Crippen molar-refractivity contribution in [1.29, 1.82) is 0 Å². The second kappa shape index (κ2) is 7.18. The lowest BCUT2D eigenvalue weighted by molar-refractivity contribution is -0.384. The molecule has 0 fully saturated rings. The van der Waals surface area contributed by atoms with Gasteiger partial charge in [0.05, 0.1) is 21.4 Å². The van der Waals surface area contributed by atoms with Gasteiger partial charge in [-0.05, 0) is 34.8 Å². The first-order chi connectivity index (χ1) is 9.32. The van der Waals surface area contributed by atoms with Gasteiger partial charge in [-0.3, -0.25) is 14.9 Å². The third-order valence-electron chi connectivity index (χ3n) is 2.79. The number of benzene rings is 1. The van der Waals surface area contributed by atoms with Crippen LogP contribution in [0.15, 0.2) is 16.6 Å². The van der Waals surface area contributed by atoms with Crippen molar-refractivity contribution >= 4 is 33.3 Å². The Morgan fingerprint density at radius 1 is 1.60 bits per heavy atom. The van der Waals surface area contributed by atoms with Crippen LogP contribution in [0.2, 0.25) is 0 Å². The minimum absolute atomic E-state index is 0.129. The van der Waals surface area contributed by atoms with Crippen molar-refractivity contribution in [2.75, 3.05) is 11.9 Å². The molecule has 1 aromatic rings. The smallest absolute Gasteiger partial charge is 0.306 e. The molecule has 0 spiro atoms. The third kappa shape index (κ3) is 4.44. The number of hydrogen-bond acceptors (Lipinski definition) is 4. The van der Waals surface area contributed by atoms with Crippen LogP contribution < -0.4 is 5.32 Å². The van der Waals surface area contributed by atoms with Gasteiger partial charge in [-0.1, -0.05) is 6.92 Å². The second-order valence-corrected chi connectivity index (χ2v) is 5.20. The lowest BCUT2D eigenvalue weighted by Crippen LogP contribution is -2.12. The Bertz CT molecular complexity index is 524. The summed E-state index contributed by atoms with van der Waals surface area (Å²) in [6, 6.07) is 2.14. The van der Waals surface area contributed by atoms with Gasteiger partial charge in [0, 0.05) is 6.54 Å². The molecule has 0 saturated carbocycles. The molecule has 8 heteroatoms. The highest BCUT2D eigenvalue weighted by atomic mass is 79.9. The van der Waals surface area contributed by atoms with Gasteiger partial charge in [0.25, 0.3) is 5.69 Å². The molecular formula is C12H14BrFN2O4. The summed E-state index contributed by atoms with van der Waals surface area (Å²) in [5.41, 5.74) is -0.150. The van der Waals surface area contributed by atoms with Gasteiger partial charge in [0.15, 0.2) is 0 Å². The number of aliphatic carboxylic acids is 1. The van der Waals surface area contributed by atoms with Crippen LogP contribution in [0.5, 0.6) is 0 Å². The van der Waals surface area contributed by atoms with Gasteiger partial charge >= 0.3 is 5.97 Å². The van der Waals surface area contributed by atoms with Crippen molar-refractivity contribution in [3.8, 4) is 0 Å². The molecule has 0 aliphatic heterocycles. The number of nitro groups is 1. The van der Waals surface area contributed by atoms with E-state index in [9.17, 15) is 19.3 Å². The first kappa shape index (κ1) is 16.4. The summed E-state index contributed by atoms with van der Waals surface area (Å²) in [6.45, 7) is 1.97. The summed E-state index contributed by atoms with van der Waals surface area (Å²) >= 11 is 2.97. The molecule has 2 N–H and O–H groups in total. The lowest BCUT2D eigenvalue weighted by Gasteiger charge is -2.09. The predicted molar refractivity (Wildman–Crippen MR) is 75.3 cm³/mol. The molecule has 1 atom stereocenters. The number of hydrogen-bond donors (Lipinski definition) is 2. The highest BCUT2D eigenvalue weighted by molar-refractivity contribution is 9.10. The molecule has 0 aliphatic rings. The SMILES string of the molecule is CC(CCCNc1cc(Br)c(F)cc1[N+](=O)[O-])C(=O)O. The minimum Gasteiger partial charge on any atom is -0.481 e. The average Bonchev–Trinajstić information content (AvgIpc) is 2.37. The number of carbonyl (C=O) groups is 1. The highest BCUT2D eigenvalue weighted by Gasteiger charge is 2.17. The van der Waals surface area contributed by atoms with E-state index in [2.05, 4.69) is 21.2 Å². The standard InChI is InChI=1S/C12H14BrFN2O4/c1-7(12(17)18)3-2-4-15-10-5-8(13)9(14)6-11(10)16(19)20/h5-7,15H,2-4H2,1H3,(H,17,18). The van der Waals surface area contributed by atoms with Crippen LogP contribution in [0.25, 0.3) is 0 Å². The minimum atomic E-state index is -0.875. The highest BCUT2D eigenvalue weighted by Crippen LogP contribution is 2.30. The molecule has 20 heavy (non-hydrogen) atoms. The summed E-state index contributed by atoms with van der Waals surface area (Å²) in [6.07, 6.45) is 0.998. The van der Waals surface area contributed by atoms with Gasteiger partial charge in [-0.25, -0.2) is 4.39 Å². The molecule has 0 amide bonds. The van der Waals surface area contributed by atoms with Crippen molar-refractivity contribution in [2.45, 2.75) is 19.8 Å². The molecule has 0 aliphatic carbocycles. The summed E-state index contributed by atoms with van der Waals surface area (Å²) in [5.74, 6) is -2.05. The summed E-state index contributed by atoms with van der Waals surface area (Å²) in [4.78, 5) is 20.8. The fraction of sp³-hybridized carbons (Fsp3) is 0.417. The Morgan fingerprint density at radius 3 is 2.80 bits per heavy atom. The quantitative estimate of drug-likeness (QED) is 0.447. The van der Waals surface area contributed by atoms with E-state index in [0.717, 1.165) is 6.07 Å². The fourth-order valence-corrected chi connectivity index (χ4v) is 1.93. The largest absolute Gasteiger partial charge is 0.481 e. The van der Waals surface area contributed by atoms with E-state index in [1.807, 2.05) is 0 Å². The van der Waals surface area contributed by atoms with E-state index in [-0.39, 0.29) is 15.8 Å². The number of nitro benzene ring substituents is 1. The first-order valence-electron chi connectivity index (χ1n) is 5.93. The summed E-state index contributed by atoms with van der Waals surface area (Å²) in [5, 5.41) is 22.4. The molecular weight excluding hydrogens is 335 g/mol. The first-order valence-corrected chi connectivity index (χ1v) is 6.72. The molecule has 0 heterocycles. The van der Waals surface area contributed by atoms with Crippen molar-refractivity contribution in [2.24, 2.45) is 5.92 Å². The maximum Gasteiger partial charge on any atom is 0.306 e. The van der Waals surface area contributed by atoms with Crippen LogP contribution in [0.1, 0.15) is 19.8 Å². The topological polar surface area (TPSA) is 92.5 Å². The lowest BCUT2D eigenvalue weighted by atomic mass is 10.1. The third-order valence-corrected chi connectivity index (χ3v) is 3.39. The normalized spacial score (nSPS) is 11.9. The Hall–Kier alpha value is -1.70. The van der Waals surface area contributed by atoms with Crippen LogP contribution >= 0.6 is 15.9 Å². The number of anilines is 1. The average molecular weight is 349 g/mol. The van der Waals surface area contributed by atoms with E-state index in [0.29, 0.717) is 19.4 Å². The number of carboxylic acids is 1. The van der Waals surface area contributed by atoms with E-state index >= 15 is 0 Å². The van der Waals surface area contributed by atoms with Gasteiger partial charge in [0.1, 0.15) is 11.5 Å². The summed E-state index contributed by atoms with van der Waals surface area (Å²) < 4.78 is 13.4. The van der Waals surface area contributed by atoms with Crippen LogP contribution in [0, 0.1) is 21.8 Å². The molecule has 6 nitrogen and oxygen atoms in total. The van der Waals surface area contributed by atoms with Gasteiger partial charge in [-0.15, -0.1) is 0 Å². The Labute approximate surface area is 123 Å². The Balaban J connectivity index is 2.66. The van der Waals surface area contributed by atoms with Crippen LogP contribution in [0.3, 0.4) is 0 Å². The Kier molecular flexibility index (Phi) is 5.87. The number of nitrogens with one attached hydrogen (secondary N) is 1. The molecule has 1 unspecified atom stereocenters. The van der Waals surface area contributed by atoms with Crippen LogP contribution in [-0.2, 0) is 4.79 Å². The number of halogens is 2. The number of carboxylic acid groups (broad SMARTS) is 1. The van der Waals surface area contributed by atoms with Crippen LogP contribution in [0.4, 0.5) is 15.8 Å². The molecule has 0 bridgehead atoms. The maximum absolute atomic E-state index is 13.3. The van der Waals surface area contributed by atoms with Crippen molar-refractivity contribution < 1.29 is 19.2 Å². The van der Waals surface area contributed by atoms with E-state index in [1.54, 1.807) is 6.92 Å². The molecule has 1 rings (SSSR count). The van der Waals surface area contributed by atoms with Gasteiger partial charge in [0.2, 0.25) is 0 Å². The second-order valence-electron chi connectivity index (χ2n) is 4.35. The van der Waals surface area contributed by atoms with Crippen molar-refractivity contribution in [1.82, 2.24) is 0 Å². The van der Waals surface area contributed by atoms with E-state index in [4.69, 9.17) is 5.11 Å². The molecule has 0 aromatic heterocycles. The van der Waals surface area contributed by atoms with E-state index in [1.165, 1.54) is 6.07 Å². The summed E-state index contributed by atoms with van der Waals surface area (Å²) in [7, 11) is 0. The number of nitrogens with zero attached hydrogens (tertiary/aromatic N) is 1. The molecule has 0 saturated heterocycles. The molecule has 110 valence electrons. The zero-order valence-electron chi connectivity index (χ0n) is 10.7. The maximum atomic E-state index is 13.3. The van der Waals surface area contributed by atoms with Crippen molar-refractivity contribution in [3.05, 3.63) is 32.5 Å². The van der Waals surface area contributed by atoms with Gasteiger partial charge in [-0.2, -0.15) is 0 Å². The van der Waals surface area contributed by atoms with E-state index < -0.39 is 22.6 Å². The predicted octanol–water partition coefficient (Wildman–Crippen LogP) is 3.41. The zero-order valence-corrected chi connectivity index (χ0v) is 12.3. The molecule has 0 radical (unpaired) electrons. The van der Waals surface area contributed by atoms with Gasteiger partial charge < -0.3 is 10.4 Å². The molecule has 1 aromatic carbocycles. The van der Waals surface area contributed by atoms with Crippen molar-refractivity contribution in [3.63, 3.8) is 0 Å².